The first-order valence-corrected chi connectivity index (χ1v) is 6.17. The number of benzene rings is 1. The number of phenolic OH excluding ortho intramolecular Hbond substituents is 1. The molecule has 0 saturated heterocycles. The number of carboxylic acids is 1. The van der Waals surface area contributed by atoms with Crippen LogP contribution in [0, 0.1) is 13.8 Å². The minimum atomic E-state index is -0.872. The molecule has 0 aromatic heterocycles. The highest BCUT2D eigenvalue weighted by Crippen LogP contribution is 2.41. The average molecular weight is 301 g/mol. The molecule has 0 amide bonds. The summed E-state index contributed by atoms with van der Waals surface area (Å²) in [5.41, 5.74) is 2.06. The summed E-state index contributed by atoms with van der Waals surface area (Å²) in [6, 6.07) is 1.86. The van der Waals surface area contributed by atoms with Crippen molar-refractivity contribution >= 4 is 21.9 Å². The third kappa shape index (κ3) is 2.80. The highest BCUT2D eigenvalue weighted by atomic mass is 79.9. The first-order chi connectivity index (χ1) is 7.66. The third-order valence-corrected chi connectivity index (χ3v) is 4.04. The predicted molar refractivity (Wildman–Crippen MR) is 70.6 cm³/mol. The SMILES string of the molecule is Cc1cc(C(C)(C)CC(=O)O)c(O)c(Br)c1C. The average Bonchev–Trinajstić information content (AvgIpc) is 2.18. The normalized spacial score (nSPS) is 11.6. The van der Waals surface area contributed by atoms with Crippen molar-refractivity contribution in [3.8, 4) is 5.75 Å². The Kier molecular flexibility index (Phi) is 3.87. The van der Waals surface area contributed by atoms with Crippen LogP contribution in [0.5, 0.6) is 5.75 Å². The Morgan fingerprint density at radius 2 is 1.94 bits per heavy atom. The van der Waals surface area contributed by atoms with Crippen molar-refractivity contribution in [3.63, 3.8) is 0 Å². The van der Waals surface area contributed by atoms with Gasteiger partial charge in [0.15, 0.2) is 0 Å². The van der Waals surface area contributed by atoms with E-state index in [1.807, 2.05) is 33.8 Å². The summed E-state index contributed by atoms with van der Waals surface area (Å²) in [6.45, 7) is 7.49. The molecule has 0 heterocycles. The molecule has 2 N–H and O–H groups in total. The van der Waals surface area contributed by atoms with Crippen LogP contribution < -0.4 is 0 Å². The molecule has 0 fully saturated rings. The molecular formula is C13H17BrO3. The summed E-state index contributed by atoms with van der Waals surface area (Å²) in [7, 11) is 0. The molecular weight excluding hydrogens is 284 g/mol. The molecule has 0 saturated carbocycles. The number of aryl methyl sites for hydroxylation is 1. The molecule has 0 aliphatic rings. The van der Waals surface area contributed by atoms with Crippen LogP contribution in [0.4, 0.5) is 0 Å². The quantitative estimate of drug-likeness (QED) is 0.898. The lowest BCUT2D eigenvalue weighted by Crippen LogP contribution is -2.22. The summed E-state index contributed by atoms with van der Waals surface area (Å²) in [5.74, 6) is -0.733. The Bertz CT molecular complexity index is 464. The zero-order chi connectivity index (χ0) is 13.4. The van der Waals surface area contributed by atoms with E-state index in [1.165, 1.54) is 0 Å². The fraction of sp³-hybridized carbons (Fsp3) is 0.462. The summed E-state index contributed by atoms with van der Waals surface area (Å²) in [4.78, 5) is 10.8. The predicted octanol–water partition coefficient (Wildman–Crippen LogP) is 3.52. The van der Waals surface area contributed by atoms with Gasteiger partial charge in [-0.1, -0.05) is 19.9 Å². The molecule has 0 spiro atoms. The Labute approximate surface area is 110 Å². The van der Waals surface area contributed by atoms with Crippen LogP contribution >= 0.6 is 15.9 Å². The van der Waals surface area contributed by atoms with E-state index in [2.05, 4.69) is 15.9 Å². The van der Waals surface area contributed by atoms with Crippen LogP contribution in [-0.4, -0.2) is 16.2 Å². The Morgan fingerprint density at radius 3 is 2.41 bits per heavy atom. The lowest BCUT2D eigenvalue weighted by molar-refractivity contribution is -0.138. The zero-order valence-corrected chi connectivity index (χ0v) is 12.1. The molecule has 17 heavy (non-hydrogen) atoms. The molecule has 1 aromatic rings. The van der Waals surface area contributed by atoms with Gasteiger partial charge in [0.05, 0.1) is 10.9 Å². The maximum atomic E-state index is 10.8. The molecule has 0 radical (unpaired) electrons. The van der Waals surface area contributed by atoms with Gasteiger partial charge in [-0.2, -0.15) is 0 Å². The number of carboxylic acid groups (broad SMARTS) is 1. The Morgan fingerprint density at radius 1 is 1.41 bits per heavy atom. The first kappa shape index (κ1) is 14.0. The number of hydrogen-bond acceptors (Lipinski definition) is 2. The van der Waals surface area contributed by atoms with Crippen LogP contribution in [0.15, 0.2) is 10.5 Å². The Balaban J connectivity index is 3.37. The second-order valence-electron chi connectivity index (χ2n) is 4.98. The molecule has 0 atom stereocenters. The second kappa shape index (κ2) is 4.69. The first-order valence-electron chi connectivity index (χ1n) is 5.37. The Hall–Kier alpha value is -1.03. The van der Waals surface area contributed by atoms with Gasteiger partial charge in [0.2, 0.25) is 0 Å². The molecule has 1 rings (SSSR count). The van der Waals surface area contributed by atoms with Gasteiger partial charge in [-0.25, -0.2) is 0 Å². The lowest BCUT2D eigenvalue weighted by Gasteiger charge is -2.26. The molecule has 1 aromatic carbocycles. The molecule has 0 bridgehead atoms. The van der Waals surface area contributed by atoms with Crippen molar-refractivity contribution in [3.05, 3.63) is 27.2 Å². The highest BCUT2D eigenvalue weighted by molar-refractivity contribution is 9.10. The van der Waals surface area contributed by atoms with E-state index in [4.69, 9.17) is 5.11 Å². The fourth-order valence-electron chi connectivity index (χ4n) is 1.85. The summed E-state index contributed by atoms with van der Waals surface area (Å²) in [5, 5.41) is 19.0. The van der Waals surface area contributed by atoms with E-state index in [1.54, 1.807) is 0 Å². The summed E-state index contributed by atoms with van der Waals surface area (Å²) in [6.07, 6.45) is -0.0184. The highest BCUT2D eigenvalue weighted by Gasteiger charge is 2.28. The van der Waals surface area contributed by atoms with E-state index in [-0.39, 0.29) is 12.2 Å². The molecule has 0 unspecified atom stereocenters. The number of aliphatic carboxylic acids is 1. The monoisotopic (exact) mass is 300 g/mol. The standard InChI is InChI=1S/C13H17BrO3/c1-7-5-9(12(17)11(14)8(7)2)13(3,4)6-10(15)16/h5,17H,6H2,1-4H3,(H,15,16). The van der Waals surface area contributed by atoms with Gasteiger partial charge < -0.3 is 10.2 Å². The van der Waals surface area contributed by atoms with Crippen LogP contribution in [0.3, 0.4) is 0 Å². The topological polar surface area (TPSA) is 57.5 Å². The maximum Gasteiger partial charge on any atom is 0.304 e. The number of carbonyl (C=O) groups is 1. The maximum absolute atomic E-state index is 10.8. The van der Waals surface area contributed by atoms with Crippen LogP contribution in [0.25, 0.3) is 0 Å². The van der Waals surface area contributed by atoms with Gasteiger partial charge in [-0.15, -0.1) is 0 Å². The van der Waals surface area contributed by atoms with Crippen molar-refractivity contribution in [2.24, 2.45) is 0 Å². The number of rotatable bonds is 3. The van der Waals surface area contributed by atoms with Crippen LogP contribution in [0.1, 0.15) is 37.0 Å². The van der Waals surface area contributed by atoms with Gasteiger partial charge in [-0.3, -0.25) is 4.79 Å². The number of aromatic hydroxyl groups is 1. The van der Waals surface area contributed by atoms with Crippen LogP contribution in [0.2, 0.25) is 0 Å². The van der Waals surface area contributed by atoms with E-state index >= 15 is 0 Å². The number of phenols is 1. The second-order valence-corrected chi connectivity index (χ2v) is 5.78. The smallest absolute Gasteiger partial charge is 0.304 e. The van der Waals surface area contributed by atoms with Crippen molar-refractivity contribution in [1.82, 2.24) is 0 Å². The van der Waals surface area contributed by atoms with Gasteiger partial charge in [-0.05, 0) is 40.9 Å². The van der Waals surface area contributed by atoms with E-state index in [9.17, 15) is 9.90 Å². The van der Waals surface area contributed by atoms with Crippen molar-refractivity contribution in [2.75, 3.05) is 0 Å². The van der Waals surface area contributed by atoms with Crippen LogP contribution in [-0.2, 0) is 10.2 Å². The van der Waals surface area contributed by atoms with Gasteiger partial charge in [0.25, 0.3) is 0 Å². The largest absolute Gasteiger partial charge is 0.506 e. The summed E-state index contributed by atoms with van der Waals surface area (Å²) >= 11 is 3.34. The number of hydrogen-bond donors (Lipinski definition) is 2. The van der Waals surface area contributed by atoms with Gasteiger partial charge in [0, 0.05) is 11.0 Å². The minimum absolute atomic E-state index is 0.0184. The lowest BCUT2D eigenvalue weighted by atomic mass is 9.80. The number of halogens is 1. The molecule has 0 aliphatic heterocycles. The zero-order valence-electron chi connectivity index (χ0n) is 10.5. The van der Waals surface area contributed by atoms with Crippen molar-refractivity contribution in [2.45, 2.75) is 39.5 Å². The third-order valence-electron chi connectivity index (χ3n) is 3.07. The fourth-order valence-corrected chi connectivity index (χ4v) is 2.38. The van der Waals surface area contributed by atoms with Gasteiger partial charge >= 0.3 is 5.97 Å². The minimum Gasteiger partial charge on any atom is -0.506 e. The van der Waals surface area contributed by atoms with E-state index in [0.717, 1.165) is 11.1 Å². The van der Waals surface area contributed by atoms with Crippen molar-refractivity contribution < 1.29 is 15.0 Å². The van der Waals surface area contributed by atoms with Gasteiger partial charge in [0.1, 0.15) is 5.75 Å². The molecule has 94 valence electrons. The van der Waals surface area contributed by atoms with E-state index in [0.29, 0.717) is 10.0 Å². The molecule has 0 aliphatic carbocycles. The van der Waals surface area contributed by atoms with Crippen molar-refractivity contribution in [1.29, 1.82) is 0 Å². The summed E-state index contributed by atoms with van der Waals surface area (Å²) < 4.78 is 0.644. The molecule has 4 heteroatoms. The van der Waals surface area contributed by atoms with E-state index < -0.39 is 11.4 Å². The molecule has 3 nitrogen and oxygen atoms in total.